The molecular weight excluding hydrogens is 304 g/mol. The summed E-state index contributed by atoms with van der Waals surface area (Å²) in [6.45, 7) is 0.617. The zero-order chi connectivity index (χ0) is 16.5. The van der Waals surface area contributed by atoms with Crippen LogP contribution in [0, 0.1) is 0 Å². The van der Waals surface area contributed by atoms with Crippen LogP contribution in [0.3, 0.4) is 0 Å². The standard InChI is InChI=1S/C17H16N6O/c1-23-15(18)13-14(12-8-5-9-24-12)20-17(21-16(13)22-23)19-10-11-6-3-2-4-7-11/h2-9H,10,18H2,1H3,(H,19,21,22). The number of nitrogens with one attached hydrogen (secondary N) is 1. The summed E-state index contributed by atoms with van der Waals surface area (Å²) < 4.78 is 7.09. The molecule has 3 N–H and O–H groups in total. The molecule has 0 aliphatic carbocycles. The maximum Gasteiger partial charge on any atom is 0.225 e. The molecule has 0 amide bonds. The highest BCUT2D eigenvalue weighted by atomic mass is 16.3. The molecule has 1 aromatic carbocycles. The van der Waals surface area contributed by atoms with E-state index in [1.165, 1.54) is 0 Å². The first kappa shape index (κ1) is 14.3. The Kier molecular flexibility index (Phi) is 3.38. The van der Waals surface area contributed by atoms with Crippen LogP contribution in [-0.2, 0) is 13.6 Å². The number of benzene rings is 1. The molecule has 4 rings (SSSR count). The molecule has 24 heavy (non-hydrogen) atoms. The number of furan rings is 1. The van der Waals surface area contributed by atoms with Crippen molar-refractivity contribution in [2.75, 3.05) is 11.1 Å². The van der Waals surface area contributed by atoms with Crippen LogP contribution in [0.15, 0.2) is 53.1 Å². The van der Waals surface area contributed by atoms with Gasteiger partial charge in [-0.3, -0.25) is 4.68 Å². The van der Waals surface area contributed by atoms with Crippen molar-refractivity contribution in [2.45, 2.75) is 6.54 Å². The van der Waals surface area contributed by atoms with Gasteiger partial charge in [-0.15, -0.1) is 0 Å². The van der Waals surface area contributed by atoms with Gasteiger partial charge in [0.2, 0.25) is 5.95 Å². The maximum absolute atomic E-state index is 6.12. The van der Waals surface area contributed by atoms with Crippen LogP contribution in [-0.4, -0.2) is 19.7 Å². The molecule has 120 valence electrons. The summed E-state index contributed by atoms with van der Waals surface area (Å²) in [5.41, 5.74) is 8.42. The Hall–Kier alpha value is -3.35. The fraction of sp³-hybridized carbons (Fsp3) is 0.118. The third kappa shape index (κ3) is 2.45. The SMILES string of the molecule is Cn1nc2nc(NCc3ccccc3)nc(-c3ccco3)c2c1N. The molecule has 0 atom stereocenters. The van der Waals surface area contributed by atoms with Crippen molar-refractivity contribution in [1.29, 1.82) is 0 Å². The van der Waals surface area contributed by atoms with Crippen molar-refractivity contribution in [1.82, 2.24) is 19.7 Å². The molecule has 0 saturated carbocycles. The van der Waals surface area contributed by atoms with E-state index in [-0.39, 0.29) is 0 Å². The number of hydrogen-bond acceptors (Lipinski definition) is 6. The highest BCUT2D eigenvalue weighted by Gasteiger charge is 2.18. The molecule has 4 aromatic rings. The van der Waals surface area contributed by atoms with Crippen LogP contribution in [0.1, 0.15) is 5.56 Å². The summed E-state index contributed by atoms with van der Waals surface area (Å²) in [5.74, 6) is 1.62. The zero-order valence-corrected chi connectivity index (χ0v) is 13.1. The van der Waals surface area contributed by atoms with E-state index in [9.17, 15) is 0 Å². The van der Waals surface area contributed by atoms with Crippen LogP contribution >= 0.6 is 0 Å². The second-order valence-electron chi connectivity index (χ2n) is 5.42. The van der Waals surface area contributed by atoms with Crippen molar-refractivity contribution >= 4 is 22.8 Å². The molecule has 0 unspecified atom stereocenters. The largest absolute Gasteiger partial charge is 0.463 e. The number of anilines is 2. The third-order valence-corrected chi connectivity index (χ3v) is 3.79. The van der Waals surface area contributed by atoms with E-state index in [4.69, 9.17) is 10.2 Å². The van der Waals surface area contributed by atoms with Crippen LogP contribution in [0.4, 0.5) is 11.8 Å². The number of aromatic nitrogens is 4. The molecule has 3 heterocycles. The fourth-order valence-corrected chi connectivity index (χ4v) is 2.56. The lowest BCUT2D eigenvalue weighted by molar-refractivity contribution is 0.580. The Bertz CT molecular complexity index is 975. The van der Waals surface area contributed by atoms with Gasteiger partial charge in [0.15, 0.2) is 11.4 Å². The van der Waals surface area contributed by atoms with Gasteiger partial charge in [0.05, 0.1) is 11.6 Å². The minimum absolute atomic E-state index is 0.482. The predicted octanol–water partition coefficient (Wildman–Crippen LogP) is 2.82. The van der Waals surface area contributed by atoms with Crippen LogP contribution < -0.4 is 11.1 Å². The Labute approximate surface area is 138 Å². The van der Waals surface area contributed by atoms with Crippen molar-refractivity contribution in [2.24, 2.45) is 7.05 Å². The highest BCUT2D eigenvalue weighted by molar-refractivity contribution is 5.97. The van der Waals surface area contributed by atoms with Gasteiger partial charge in [-0.25, -0.2) is 4.98 Å². The smallest absolute Gasteiger partial charge is 0.225 e. The van der Waals surface area contributed by atoms with E-state index in [0.29, 0.717) is 40.8 Å². The lowest BCUT2D eigenvalue weighted by Crippen LogP contribution is -2.04. The van der Waals surface area contributed by atoms with E-state index in [2.05, 4.69) is 20.4 Å². The van der Waals surface area contributed by atoms with Crippen molar-refractivity contribution in [3.8, 4) is 11.5 Å². The number of rotatable bonds is 4. The number of aryl methyl sites for hydroxylation is 1. The van der Waals surface area contributed by atoms with Crippen molar-refractivity contribution in [3.05, 3.63) is 54.3 Å². The molecule has 0 bridgehead atoms. The fourth-order valence-electron chi connectivity index (χ4n) is 2.56. The van der Waals surface area contributed by atoms with Crippen molar-refractivity contribution < 1.29 is 4.42 Å². The number of nitrogens with zero attached hydrogens (tertiary/aromatic N) is 4. The van der Waals surface area contributed by atoms with Crippen molar-refractivity contribution in [3.63, 3.8) is 0 Å². The first-order chi connectivity index (χ1) is 11.7. The van der Waals surface area contributed by atoms with Gasteiger partial charge < -0.3 is 15.5 Å². The highest BCUT2D eigenvalue weighted by Crippen LogP contribution is 2.31. The van der Waals surface area contributed by atoms with Crippen LogP contribution in [0.25, 0.3) is 22.5 Å². The quantitative estimate of drug-likeness (QED) is 0.600. The molecule has 3 aromatic heterocycles. The van der Waals surface area contributed by atoms with Crippen LogP contribution in [0.2, 0.25) is 0 Å². The number of nitrogen functional groups attached to an aromatic ring is 1. The Balaban J connectivity index is 1.77. The van der Waals surface area contributed by atoms with Gasteiger partial charge in [-0.05, 0) is 17.7 Å². The molecule has 7 heteroatoms. The van der Waals surface area contributed by atoms with E-state index < -0.39 is 0 Å². The Morgan fingerprint density at radius 2 is 1.96 bits per heavy atom. The van der Waals surface area contributed by atoms with Gasteiger partial charge in [0, 0.05) is 13.6 Å². The summed E-state index contributed by atoms with van der Waals surface area (Å²) in [7, 11) is 1.78. The Morgan fingerprint density at radius 1 is 1.12 bits per heavy atom. The second kappa shape index (κ2) is 5.69. The second-order valence-corrected chi connectivity index (χ2v) is 5.42. The molecule has 7 nitrogen and oxygen atoms in total. The summed E-state index contributed by atoms with van der Waals surface area (Å²) in [4.78, 5) is 9.05. The number of nitrogens with two attached hydrogens (primary N) is 1. The molecule has 0 saturated heterocycles. The summed E-state index contributed by atoms with van der Waals surface area (Å²) >= 11 is 0. The molecule has 0 aliphatic rings. The minimum Gasteiger partial charge on any atom is -0.463 e. The molecular formula is C17H16N6O. The molecule has 0 fully saturated rings. The zero-order valence-electron chi connectivity index (χ0n) is 13.1. The average molecular weight is 320 g/mol. The summed E-state index contributed by atoms with van der Waals surface area (Å²) in [6, 6.07) is 13.7. The van der Waals surface area contributed by atoms with E-state index in [0.717, 1.165) is 5.56 Å². The minimum atomic E-state index is 0.482. The van der Waals surface area contributed by atoms with Crippen LogP contribution in [0.5, 0.6) is 0 Å². The number of hydrogen-bond donors (Lipinski definition) is 2. The number of fused-ring (bicyclic) bond motifs is 1. The lowest BCUT2D eigenvalue weighted by Gasteiger charge is -2.07. The van der Waals surface area contributed by atoms with Gasteiger partial charge >= 0.3 is 0 Å². The summed E-state index contributed by atoms with van der Waals surface area (Å²) in [5, 5.41) is 8.28. The van der Waals surface area contributed by atoms with Gasteiger partial charge in [0.25, 0.3) is 0 Å². The third-order valence-electron chi connectivity index (χ3n) is 3.79. The monoisotopic (exact) mass is 320 g/mol. The van der Waals surface area contributed by atoms with Gasteiger partial charge in [-0.1, -0.05) is 30.3 Å². The topological polar surface area (TPSA) is 94.8 Å². The molecule has 0 radical (unpaired) electrons. The van der Waals surface area contributed by atoms with Gasteiger partial charge in [0.1, 0.15) is 11.5 Å². The van der Waals surface area contributed by atoms with Gasteiger partial charge in [-0.2, -0.15) is 10.1 Å². The predicted molar refractivity (Wildman–Crippen MR) is 92.2 cm³/mol. The Morgan fingerprint density at radius 3 is 2.71 bits per heavy atom. The first-order valence-electron chi connectivity index (χ1n) is 7.54. The first-order valence-corrected chi connectivity index (χ1v) is 7.54. The maximum atomic E-state index is 6.12. The average Bonchev–Trinajstić information content (AvgIpc) is 3.23. The summed E-state index contributed by atoms with van der Waals surface area (Å²) in [6.07, 6.45) is 1.60. The normalized spacial score (nSPS) is 11.0. The molecule has 0 aliphatic heterocycles. The van der Waals surface area contributed by atoms with E-state index in [1.54, 1.807) is 18.0 Å². The molecule has 0 spiro atoms. The van der Waals surface area contributed by atoms with E-state index >= 15 is 0 Å². The lowest BCUT2D eigenvalue weighted by atomic mass is 10.2. The van der Waals surface area contributed by atoms with E-state index in [1.807, 2.05) is 42.5 Å².